The molecule has 0 amide bonds. The molecule has 0 aliphatic carbocycles. The standard InChI is InChI=1S/C9H10ClNO3/c1-2-14-9-4-3-7(6-10)5-8(9)11(12)13/h3-5H,2,6H2,1H3. The van der Waals surface area contributed by atoms with Gasteiger partial charge in [-0.25, -0.2) is 0 Å². The van der Waals surface area contributed by atoms with Crippen LogP contribution in [-0.2, 0) is 5.88 Å². The fraction of sp³-hybridized carbons (Fsp3) is 0.333. The summed E-state index contributed by atoms with van der Waals surface area (Å²) in [5, 5.41) is 10.6. The molecule has 0 aliphatic rings. The fourth-order valence-corrected chi connectivity index (χ4v) is 1.23. The molecular weight excluding hydrogens is 206 g/mol. The van der Waals surface area contributed by atoms with Gasteiger partial charge in [0.2, 0.25) is 0 Å². The minimum absolute atomic E-state index is 0.0370. The van der Waals surface area contributed by atoms with Crippen molar-refractivity contribution in [2.45, 2.75) is 12.8 Å². The average molecular weight is 216 g/mol. The summed E-state index contributed by atoms with van der Waals surface area (Å²) in [6.45, 7) is 2.18. The summed E-state index contributed by atoms with van der Waals surface area (Å²) in [5.41, 5.74) is 0.673. The van der Waals surface area contributed by atoms with E-state index in [-0.39, 0.29) is 17.3 Å². The van der Waals surface area contributed by atoms with Gasteiger partial charge in [-0.15, -0.1) is 11.6 Å². The third kappa shape index (κ3) is 2.35. The average Bonchev–Trinajstić information content (AvgIpc) is 2.18. The molecule has 0 radical (unpaired) electrons. The molecule has 1 rings (SSSR count). The first-order chi connectivity index (χ1) is 6.69. The van der Waals surface area contributed by atoms with Crippen LogP contribution in [0, 0.1) is 10.1 Å². The van der Waals surface area contributed by atoms with Gasteiger partial charge in [0.1, 0.15) is 0 Å². The van der Waals surface area contributed by atoms with Crippen LogP contribution in [0.2, 0.25) is 0 Å². The van der Waals surface area contributed by atoms with E-state index >= 15 is 0 Å². The molecule has 76 valence electrons. The van der Waals surface area contributed by atoms with Crippen LogP contribution < -0.4 is 4.74 Å². The number of ether oxygens (including phenoxy) is 1. The number of benzene rings is 1. The Hall–Kier alpha value is -1.29. The quantitative estimate of drug-likeness (QED) is 0.441. The van der Waals surface area contributed by atoms with E-state index in [0.29, 0.717) is 12.2 Å². The molecule has 0 unspecified atom stereocenters. The Kier molecular flexibility index (Phi) is 3.71. The minimum Gasteiger partial charge on any atom is -0.487 e. The topological polar surface area (TPSA) is 52.4 Å². The summed E-state index contributed by atoms with van der Waals surface area (Å²) in [6, 6.07) is 4.71. The molecule has 0 N–H and O–H groups in total. The van der Waals surface area contributed by atoms with Gasteiger partial charge in [0.05, 0.1) is 11.5 Å². The lowest BCUT2D eigenvalue weighted by molar-refractivity contribution is -0.385. The Morgan fingerprint density at radius 3 is 2.79 bits per heavy atom. The van der Waals surface area contributed by atoms with E-state index in [1.165, 1.54) is 6.07 Å². The molecule has 0 saturated carbocycles. The maximum absolute atomic E-state index is 10.6. The maximum Gasteiger partial charge on any atom is 0.311 e. The SMILES string of the molecule is CCOc1ccc(CCl)cc1[N+](=O)[O-]. The number of nitro groups is 1. The molecule has 0 aliphatic heterocycles. The van der Waals surface area contributed by atoms with Crippen LogP contribution >= 0.6 is 11.6 Å². The van der Waals surface area contributed by atoms with Crippen molar-refractivity contribution in [1.29, 1.82) is 0 Å². The van der Waals surface area contributed by atoms with Crippen molar-refractivity contribution in [2.24, 2.45) is 0 Å². The van der Waals surface area contributed by atoms with E-state index in [4.69, 9.17) is 16.3 Å². The van der Waals surface area contributed by atoms with Gasteiger partial charge in [-0.05, 0) is 18.6 Å². The van der Waals surface area contributed by atoms with E-state index in [2.05, 4.69) is 0 Å². The van der Waals surface area contributed by atoms with Gasteiger partial charge in [0.15, 0.2) is 5.75 Å². The third-order valence-corrected chi connectivity index (χ3v) is 1.98. The van der Waals surface area contributed by atoms with Crippen LogP contribution in [0.3, 0.4) is 0 Å². The number of nitro benzene ring substituents is 1. The van der Waals surface area contributed by atoms with Gasteiger partial charge in [-0.3, -0.25) is 10.1 Å². The summed E-state index contributed by atoms with van der Waals surface area (Å²) in [6.07, 6.45) is 0. The van der Waals surface area contributed by atoms with Crippen LogP contribution in [0.5, 0.6) is 5.75 Å². The molecule has 1 aromatic rings. The van der Waals surface area contributed by atoms with Crippen LogP contribution in [0.15, 0.2) is 18.2 Å². The second kappa shape index (κ2) is 4.81. The highest BCUT2D eigenvalue weighted by atomic mass is 35.5. The highest BCUT2D eigenvalue weighted by molar-refractivity contribution is 6.17. The monoisotopic (exact) mass is 215 g/mol. The van der Waals surface area contributed by atoms with Crippen LogP contribution in [0.4, 0.5) is 5.69 Å². The van der Waals surface area contributed by atoms with Crippen molar-refractivity contribution in [1.82, 2.24) is 0 Å². The van der Waals surface area contributed by atoms with Gasteiger partial charge in [-0.2, -0.15) is 0 Å². The van der Waals surface area contributed by atoms with Crippen LogP contribution in [0.1, 0.15) is 12.5 Å². The largest absolute Gasteiger partial charge is 0.487 e. The van der Waals surface area contributed by atoms with E-state index < -0.39 is 4.92 Å². The van der Waals surface area contributed by atoms with Gasteiger partial charge in [0.25, 0.3) is 0 Å². The third-order valence-electron chi connectivity index (χ3n) is 1.67. The number of nitrogens with zero attached hydrogens (tertiary/aromatic N) is 1. The summed E-state index contributed by atoms with van der Waals surface area (Å²) in [7, 11) is 0. The summed E-state index contributed by atoms with van der Waals surface area (Å²) >= 11 is 5.57. The number of alkyl halides is 1. The summed E-state index contributed by atoms with van der Waals surface area (Å²) < 4.78 is 5.11. The Morgan fingerprint density at radius 1 is 1.57 bits per heavy atom. The number of hydrogen-bond acceptors (Lipinski definition) is 3. The zero-order chi connectivity index (χ0) is 10.6. The van der Waals surface area contributed by atoms with E-state index in [1.807, 2.05) is 0 Å². The number of halogens is 1. The lowest BCUT2D eigenvalue weighted by atomic mass is 10.2. The first kappa shape index (κ1) is 10.8. The lowest BCUT2D eigenvalue weighted by Crippen LogP contribution is -1.98. The van der Waals surface area contributed by atoms with Crippen LogP contribution in [0.25, 0.3) is 0 Å². The molecule has 0 bridgehead atoms. The van der Waals surface area contributed by atoms with Crippen LogP contribution in [-0.4, -0.2) is 11.5 Å². The van der Waals surface area contributed by atoms with Gasteiger partial charge in [-0.1, -0.05) is 6.07 Å². The Bertz CT molecular complexity index is 341. The molecule has 4 nitrogen and oxygen atoms in total. The Balaban J connectivity index is 3.10. The number of rotatable bonds is 4. The van der Waals surface area contributed by atoms with Gasteiger partial charge >= 0.3 is 5.69 Å². The molecule has 0 heterocycles. The van der Waals surface area contributed by atoms with E-state index in [1.54, 1.807) is 19.1 Å². The molecule has 0 saturated heterocycles. The second-order valence-corrected chi connectivity index (χ2v) is 2.89. The van der Waals surface area contributed by atoms with E-state index in [9.17, 15) is 10.1 Å². The Morgan fingerprint density at radius 2 is 2.29 bits per heavy atom. The molecule has 1 aromatic carbocycles. The zero-order valence-corrected chi connectivity index (χ0v) is 8.45. The van der Waals surface area contributed by atoms with Crippen molar-refractivity contribution in [3.63, 3.8) is 0 Å². The van der Waals surface area contributed by atoms with Gasteiger partial charge in [0, 0.05) is 11.9 Å². The van der Waals surface area contributed by atoms with Crippen molar-refractivity contribution in [3.05, 3.63) is 33.9 Å². The maximum atomic E-state index is 10.6. The first-order valence-corrected chi connectivity index (χ1v) is 4.68. The fourth-order valence-electron chi connectivity index (χ4n) is 1.07. The van der Waals surface area contributed by atoms with Crippen molar-refractivity contribution < 1.29 is 9.66 Å². The summed E-state index contributed by atoms with van der Waals surface area (Å²) in [5.74, 6) is 0.541. The second-order valence-electron chi connectivity index (χ2n) is 2.63. The first-order valence-electron chi connectivity index (χ1n) is 4.15. The Labute approximate surface area is 86.6 Å². The predicted octanol–water partition coefficient (Wildman–Crippen LogP) is 2.73. The zero-order valence-electron chi connectivity index (χ0n) is 7.70. The normalized spacial score (nSPS) is 9.86. The molecule has 0 atom stereocenters. The molecule has 0 fully saturated rings. The summed E-state index contributed by atoms with van der Waals surface area (Å²) in [4.78, 5) is 10.2. The van der Waals surface area contributed by atoms with Crippen molar-refractivity contribution in [3.8, 4) is 5.75 Å². The lowest BCUT2D eigenvalue weighted by Gasteiger charge is -2.04. The molecule has 5 heteroatoms. The predicted molar refractivity (Wildman–Crippen MR) is 53.8 cm³/mol. The van der Waals surface area contributed by atoms with Gasteiger partial charge < -0.3 is 4.74 Å². The molecular formula is C9H10ClNO3. The highest BCUT2D eigenvalue weighted by Crippen LogP contribution is 2.28. The molecule has 0 spiro atoms. The van der Waals surface area contributed by atoms with Crippen molar-refractivity contribution in [2.75, 3.05) is 6.61 Å². The minimum atomic E-state index is -0.471. The van der Waals surface area contributed by atoms with E-state index in [0.717, 1.165) is 0 Å². The molecule has 0 aromatic heterocycles. The highest BCUT2D eigenvalue weighted by Gasteiger charge is 2.14. The number of hydrogen-bond donors (Lipinski definition) is 0. The smallest absolute Gasteiger partial charge is 0.311 e. The molecule has 14 heavy (non-hydrogen) atoms. The van der Waals surface area contributed by atoms with Crippen molar-refractivity contribution >= 4 is 17.3 Å².